The van der Waals surface area contributed by atoms with Crippen LogP contribution in [-0.2, 0) is 0 Å². The maximum atomic E-state index is 4.51. The Morgan fingerprint density at radius 2 is 0.980 bits per heavy atom. The molecule has 50 heavy (non-hydrogen) atoms. The fraction of sp³-hybridized carbons (Fsp3) is 0. The second kappa shape index (κ2) is 13.8. The van der Waals surface area contributed by atoms with E-state index in [1.807, 2.05) is 6.07 Å². The molecular weight excluding hydrogens is 605 g/mol. The number of hydrogen-bond acceptors (Lipinski definition) is 2. The third-order valence-electron chi connectivity index (χ3n) is 9.14. The molecule has 0 aromatic heterocycles. The number of para-hydroxylation sites is 3. The number of benzene rings is 7. The van der Waals surface area contributed by atoms with E-state index in [1.165, 1.54) is 22.3 Å². The summed E-state index contributed by atoms with van der Waals surface area (Å²) < 4.78 is 0. The molecule has 0 fully saturated rings. The van der Waals surface area contributed by atoms with Gasteiger partial charge in [0.1, 0.15) is 0 Å². The molecule has 1 aliphatic rings. The third-order valence-corrected chi connectivity index (χ3v) is 9.14. The summed E-state index contributed by atoms with van der Waals surface area (Å²) in [6.45, 7) is 4.51. The van der Waals surface area contributed by atoms with Gasteiger partial charge in [0.25, 0.3) is 0 Å². The number of nitrogens with one attached hydrogen (secondary N) is 1. The van der Waals surface area contributed by atoms with Gasteiger partial charge in [0, 0.05) is 34.4 Å². The van der Waals surface area contributed by atoms with Gasteiger partial charge < -0.3 is 10.2 Å². The van der Waals surface area contributed by atoms with Crippen molar-refractivity contribution in [2.75, 3.05) is 10.2 Å². The zero-order valence-corrected chi connectivity index (χ0v) is 27.7. The number of hydrogen-bond donors (Lipinski definition) is 1. The van der Waals surface area contributed by atoms with E-state index < -0.39 is 0 Å². The molecule has 0 atom stereocenters. The van der Waals surface area contributed by atoms with Gasteiger partial charge in [-0.25, -0.2) is 0 Å². The summed E-state index contributed by atoms with van der Waals surface area (Å²) in [6.07, 6.45) is 6.55. The number of nitrogens with zero attached hydrogens (tertiary/aromatic N) is 1. The van der Waals surface area contributed by atoms with Crippen molar-refractivity contribution >= 4 is 33.9 Å². The Labute approximate surface area is 294 Å². The third kappa shape index (κ3) is 6.43. The number of rotatable bonds is 7. The Balaban J connectivity index is 1.17. The van der Waals surface area contributed by atoms with Gasteiger partial charge in [0.2, 0.25) is 0 Å². The molecule has 7 aromatic carbocycles. The Hall–Kier alpha value is -6.64. The van der Waals surface area contributed by atoms with Crippen LogP contribution < -0.4 is 10.2 Å². The van der Waals surface area contributed by atoms with Crippen LogP contribution in [0.3, 0.4) is 0 Å². The molecule has 0 unspecified atom stereocenters. The molecule has 2 heteroatoms. The molecule has 1 heterocycles. The van der Waals surface area contributed by atoms with Crippen LogP contribution in [0.2, 0.25) is 0 Å². The Bertz CT molecular complexity index is 2290. The van der Waals surface area contributed by atoms with Crippen molar-refractivity contribution in [1.29, 1.82) is 0 Å². The molecule has 7 aromatic rings. The molecule has 1 N–H and O–H groups in total. The lowest BCUT2D eigenvalue weighted by atomic mass is 9.94. The zero-order chi connectivity index (χ0) is 33.7. The van der Waals surface area contributed by atoms with Gasteiger partial charge in [0.15, 0.2) is 0 Å². The van der Waals surface area contributed by atoms with Crippen molar-refractivity contribution in [3.63, 3.8) is 0 Å². The highest BCUT2D eigenvalue weighted by atomic mass is 15.1. The lowest BCUT2D eigenvalue weighted by molar-refractivity contribution is 1.27. The van der Waals surface area contributed by atoms with Crippen LogP contribution in [0.5, 0.6) is 0 Å². The first kappa shape index (κ1) is 30.7. The minimum absolute atomic E-state index is 0.973. The summed E-state index contributed by atoms with van der Waals surface area (Å²) in [7, 11) is 0. The molecule has 0 amide bonds. The van der Waals surface area contributed by atoms with Gasteiger partial charge in [0.05, 0.1) is 5.69 Å². The molecular formula is C48H36N2. The highest BCUT2D eigenvalue weighted by Gasteiger charge is 2.16. The zero-order valence-electron chi connectivity index (χ0n) is 27.7. The first-order valence-electron chi connectivity index (χ1n) is 16.9. The fourth-order valence-corrected chi connectivity index (χ4v) is 6.66. The van der Waals surface area contributed by atoms with Gasteiger partial charge in [-0.1, -0.05) is 140 Å². The molecule has 1 aliphatic heterocycles. The quantitative estimate of drug-likeness (QED) is 0.186. The Morgan fingerprint density at radius 3 is 1.68 bits per heavy atom. The van der Waals surface area contributed by atoms with Crippen LogP contribution in [-0.4, -0.2) is 0 Å². The molecule has 238 valence electrons. The highest BCUT2D eigenvalue weighted by Crippen LogP contribution is 2.39. The molecule has 0 radical (unpaired) electrons. The highest BCUT2D eigenvalue weighted by molar-refractivity contribution is 5.94. The van der Waals surface area contributed by atoms with Crippen molar-refractivity contribution in [1.82, 2.24) is 0 Å². The average Bonchev–Trinajstić information content (AvgIpc) is 3.18. The summed E-state index contributed by atoms with van der Waals surface area (Å²) >= 11 is 0. The van der Waals surface area contributed by atoms with E-state index >= 15 is 0 Å². The smallest absolute Gasteiger partial charge is 0.0533 e. The summed E-state index contributed by atoms with van der Waals surface area (Å²) in [5.41, 5.74) is 15.6. The second-order valence-corrected chi connectivity index (χ2v) is 12.4. The SMILES string of the molecule is C=C1/C=C(c2cccc(-c3ccccc3Nc3cc(-c4ccccc4)cc(-c4ccccc4)c3)c2)\C=C/N(c2ccccc2)c2ccccc21. The molecule has 0 spiro atoms. The Kier molecular flexibility index (Phi) is 8.49. The first-order valence-corrected chi connectivity index (χ1v) is 16.9. The van der Waals surface area contributed by atoms with Crippen molar-refractivity contribution in [2.45, 2.75) is 0 Å². The molecule has 0 saturated heterocycles. The van der Waals surface area contributed by atoms with Gasteiger partial charge >= 0.3 is 0 Å². The van der Waals surface area contributed by atoms with E-state index in [4.69, 9.17) is 0 Å². The van der Waals surface area contributed by atoms with Crippen LogP contribution in [0.1, 0.15) is 11.1 Å². The van der Waals surface area contributed by atoms with Gasteiger partial charge in [-0.3, -0.25) is 0 Å². The van der Waals surface area contributed by atoms with Crippen molar-refractivity contribution in [3.05, 3.63) is 218 Å². The van der Waals surface area contributed by atoms with E-state index in [0.717, 1.165) is 56.1 Å². The minimum Gasteiger partial charge on any atom is -0.355 e. The normalized spacial score (nSPS) is 14.1. The van der Waals surface area contributed by atoms with Gasteiger partial charge in [-0.05, 0) is 105 Å². The average molecular weight is 641 g/mol. The largest absolute Gasteiger partial charge is 0.355 e. The standard InChI is InChI=1S/C48H36N2/c1-35-30-39(28-29-50(44-22-9-4-10-23-44)48-27-14-12-24-45(35)48)38-20-15-21-40(31-38)46-25-11-13-26-47(46)49-43-33-41(36-16-5-2-6-17-36)32-42(34-43)37-18-7-3-8-19-37/h2-34,49H,1H2/b29-28-,39-30+. The molecule has 0 aliphatic carbocycles. The van der Waals surface area contributed by atoms with Gasteiger partial charge in [-0.15, -0.1) is 0 Å². The molecule has 0 bridgehead atoms. The van der Waals surface area contributed by atoms with E-state index in [0.29, 0.717) is 0 Å². The number of anilines is 4. The number of allylic oxidation sites excluding steroid dienone is 4. The van der Waals surface area contributed by atoms with Crippen molar-refractivity contribution in [2.24, 2.45) is 0 Å². The second-order valence-electron chi connectivity index (χ2n) is 12.4. The lowest BCUT2D eigenvalue weighted by Gasteiger charge is -2.26. The maximum absolute atomic E-state index is 4.51. The van der Waals surface area contributed by atoms with E-state index in [9.17, 15) is 0 Å². The van der Waals surface area contributed by atoms with Gasteiger partial charge in [-0.2, -0.15) is 0 Å². The molecule has 0 saturated carbocycles. The van der Waals surface area contributed by atoms with Crippen LogP contribution >= 0.6 is 0 Å². The summed E-state index contributed by atoms with van der Waals surface area (Å²) in [5, 5.41) is 3.80. The first-order chi connectivity index (χ1) is 24.7. The van der Waals surface area contributed by atoms with Crippen LogP contribution in [0, 0.1) is 0 Å². The van der Waals surface area contributed by atoms with Crippen LogP contribution in [0.4, 0.5) is 22.7 Å². The lowest BCUT2D eigenvalue weighted by Crippen LogP contribution is -2.11. The minimum atomic E-state index is 0.973. The maximum Gasteiger partial charge on any atom is 0.0533 e. The van der Waals surface area contributed by atoms with Crippen LogP contribution in [0.25, 0.3) is 44.5 Å². The summed E-state index contributed by atoms with van der Waals surface area (Å²) in [5.74, 6) is 0. The molecule has 8 rings (SSSR count). The summed E-state index contributed by atoms with van der Waals surface area (Å²) in [4.78, 5) is 2.24. The fourth-order valence-electron chi connectivity index (χ4n) is 6.66. The summed E-state index contributed by atoms with van der Waals surface area (Å²) in [6, 6.07) is 64.2. The van der Waals surface area contributed by atoms with Crippen molar-refractivity contribution < 1.29 is 0 Å². The van der Waals surface area contributed by atoms with Crippen LogP contribution in [0.15, 0.2) is 207 Å². The van der Waals surface area contributed by atoms with Crippen molar-refractivity contribution in [3.8, 4) is 33.4 Å². The molecule has 2 nitrogen and oxygen atoms in total. The number of fused-ring (bicyclic) bond motifs is 1. The van der Waals surface area contributed by atoms with E-state index in [-0.39, 0.29) is 0 Å². The van der Waals surface area contributed by atoms with E-state index in [1.54, 1.807) is 0 Å². The topological polar surface area (TPSA) is 15.3 Å². The Morgan fingerprint density at radius 1 is 0.440 bits per heavy atom. The predicted octanol–water partition coefficient (Wildman–Crippen LogP) is 13.2. The monoisotopic (exact) mass is 640 g/mol. The predicted molar refractivity (Wildman–Crippen MR) is 214 cm³/mol. The van der Waals surface area contributed by atoms with E-state index in [2.05, 4.69) is 211 Å².